The van der Waals surface area contributed by atoms with E-state index in [1.165, 1.54) is 0 Å². The first-order valence-corrected chi connectivity index (χ1v) is 9.99. The maximum atomic E-state index is 12.9. The van der Waals surface area contributed by atoms with Gasteiger partial charge >= 0.3 is 0 Å². The van der Waals surface area contributed by atoms with Gasteiger partial charge in [0.15, 0.2) is 0 Å². The summed E-state index contributed by atoms with van der Waals surface area (Å²) >= 11 is 0. The number of aryl methyl sites for hydroxylation is 2. The number of benzene rings is 2. The molecular weight excluding hydrogens is 350 g/mol. The lowest BCUT2D eigenvalue weighted by Gasteiger charge is -2.21. The number of carbonyl (C=O) groups is 1. The molecule has 2 heterocycles. The fourth-order valence-electron chi connectivity index (χ4n) is 4.27. The third-order valence-electron chi connectivity index (χ3n) is 5.55. The van der Waals surface area contributed by atoms with Crippen molar-refractivity contribution in [3.63, 3.8) is 0 Å². The molecule has 5 nitrogen and oxygen atoms in total. The van der Waals surface area contributed by atoms with E-state index in [0.717, 1.165) is 40.2 Å². The first-order chi connectivity index (χ1) is 13.6. The number of para-hydroxylation sites is 3. The highest BCUT2D eigenvalue weighted by atomic mass is 16.5. The van der Waals surface area contributed by atoms with Gasteiger partial charge in [-0.15, -0.1) is 0 Å². The molecule has 0 bridgehead atoms. The maximum Gasteiger partial charge on any atom is 0.227 e. The zero-order valence-electron chi connectivity index (χ0n) is 16.8. The second kappa shape index (κ2) is 7.76. The fraction of sp³-hybridized carbons (Fsp3) is 0.391. The van der Waals surface area contributed by atoms with E-state index in [2.05, 4.69) is 36.6 Å². The van der Waals surface area contributed by atoms with Gasteiger partial charge in [-0.05, 0) is 44.0 Å². The molecule has 1 fully saturated rings. The van der Waals surface area contributed by atoms with Crippen LogP contribution in [-0.2, 0) is 16.1 Å². The van der Waals surface area contributed by atoms with Crippen LogP contribution in [0.1, 0.15) is 36.2 Å². The Morgan fingerprint density at radius 3 is 2.61 bits per heavy atom. The summed E-state index contributed by atoms with van der Waals surface area (Å²) in [7, 11) is 0. The molecule has 3 aromatic rings. The number of ether oxygens (including phenoxy) is 1. The average molecular weight is 377 g/mol. The smallest absolute Gasteiger partial charge is 0.227 e. The molecule has 5 heteroatoms. The van der Waals surface area contributed by atoms with Crippen molar-refractivity contribution in [2.24, 2.45) is 0 Å². The van der Waals surface area contributed by atoms with Crippen LogP contribution in [0.4, 0.5) is 5.69 Å². The minimum Gasteiger partial charge on any atom is -0.380 e. The number of hydrogen-bond acceptors (Lipinski definition) is 3. The van der Waals surface area contributed by atoms with Gasteiger partial charge in [0.05, 0.1) is 17.6 Å². The molecule has 1 atom stereocenters. The number of fused-ring (bicyclic) bond motifs is 1. The van der Waals surface area contributed by atoms with Crippen LogP contribution in [0.5, 0.6) is 0 Å². The summed E-state index contributed by atoms with van der Waals surface area (Å²) in [6.45, 7) is 8.90. The lowest BCUT2D eigenvalue weighted by atomic mass is 10.1. The molecule has 0 radical (unpaired) electrons. The average Bonchev–Trinajstić information content (AvgIpc) is 3.23. The minimum absolute atomic E-state index is 0.0838. The van der Waals surface area contributed by atoms with Crippen molar-refractivity contribution in [2.75, 3.05) is 24.7 Å². The summed E-state index contributed by atoms with van der Waals surface area (Å²) in [6.07, 6.45) is 0.492. The van der Waals surface area contributed by atoms with Gasteiger partial charge in [0.1, 0.15) is 5.82 Å². The van der Waals surface area contributed by atoms with E-state index in [4.69, 9.17) is 9.72 Å². The van der Waals surface area contributed by atoms with Gasteiger partial charge in [-0.2, -0.15) is 0 Å². The Kier molecular flexibility index (Phi) is 5.18. The number of rotatable bonds is 6. The number of aromatic nitrogens is 2. The van der Waals surface area contributed by atoms with Crippen LogP contribution >= 0.6 is 0 Å². The molecule has 0 saturated carbocycles. The molecule has 0 N–H and O–H groups in total. The van der Waals surface area contributed by atoms with E-state index in [9.17, 15) is 4.79 Å². The third kappa shape index (κ3) is 3.31. The first-order valence-electron chi connectivity index (χ1n) is 9.99. The molecule has 0 aliphatic carbocycles. The Labute approximate surface area is 165 Å². The van der Waals surface area contributed by atoms with Crippen LogP contribution in [0, 0.1) is 13.8 Å². The quantitative estimate of drug-likeness (QED) is 0.605. The summed E-state index contributed by atoms with van der Waals surface area (Å²) in [4.78, 5) is 19.8. The van der Waals surface area contributed by atoms with Crippen LogP contribution in [-0.4, -0.2) is 35.2 Å². The second-order valence-corrected chi connectivity index (χ2v) is 7.45. The van der Waals surface area contributed by atoms with Crippen molar-refractivity contribution >= 4 is 22.6 Å². The standard InChI is InChI=1S/C23H27N3O2/c1-4-28-13-12-25-20-11-6-5-10-19(20)24-23(25)18-14-21(27)26(15-18)22-16(2)8-7-9-17(22)3/h5-11,18H,4,12-15H2,1-3H3. The van der Waals surface area contributed by atoms with Crippen LogP contribution in [0.25, 0.3) is 11.0 Å². The van der Waals surface area contributed by atoms with Gasteiger partial charge in [0.2, 0.25) is 5.91 Å². The van der Waals surface area contributed by atoms with Gasteiger partial charge in [0.25, 0.3) is 0 Å². The molecule has 1 aliphatic heterocycles. The molecule has 4 rings (SSSR count). The minimum atomic E-state index is 0.0838. The highest BCUT2D eigenvalue weighted by Crippen LogP contribution is 2.35. The van der Waals surface area contributed by atoms with Gasteiger partial charge in [-0.3, -0.25) is 4.79 Å². The first kappa shape index (κ1) is 18.7. The van der Waals surface area contributed by atoms with E-state index in [0.29, 0.717) is 26.2 Å². The topological polar surface area (TPSA) is 47.4 Å². The van der Waals surface area contributed by atoms with Gasteiger partial charge in [0, 0.05) is 37.7 Å². The Hall–Kier alpha value is -2.66. The van der Waals surface area contributed by atoms with E-state index in [1.54, 1.807) is 0 Å². The number of anilines is 1. The summed E-state index contributed by atoms with van der Waals surface area (Å²) in [5.74, 6) is 1.24. The van der Waals surface area contributed by atoms with Gasteiger partial charge < -0.3 is 14.2 Å². The highest BCUT2D eigenvalue weighted by Gasteiger charge is 2.35. The molecule has 1 aromatic heterocycles. The van der Waals surface area contributed by atoms with Gasteiger partial charge in [-0.25, -0.2) is 4.98 Å². The molecule has 1 unspecified atom stereocenters. The highest BCUT2D eigenvalue weighted by molar-refractivity contribution is 5.98. The number of hydrogen-bond donors (Lipinski definition) is 0. The third-order valence-corrected chi connectivity index (χ3v) is 5.55. The van der Waals surface area contributed by atoms with Gasteiger partial charge in [-0.1, -0.05) is 30.3 Å². The monoisotopic (exact) mass is 377 g/mol. The Morgan fingerprint density at radius 2 is 1.86 bits per heavy atom. The summed E-state index contributed by atoms with van der Waals surface area (Å²) in [5, 5.41) is 0. The largest absolute Gasteiger partial charge is 0.380 e. The normalized spacial score (nSPS) is 17.0. The van der Waals surface area contributed by atoms with Crippen molar-refractivity contribution in [1.29, 1.82) is 0 Å². The predicted octanol–water partition coefficient (Wildman–Crippen LogP) is 4.21. The number of imidazole rings is 1. The van der Waals surface area contributed by atoms with Crippen LogP contribution in [0.15, 0.2) is 42.5 Å². The Balaban J connectivity index is 1.69. The summed E-state index contributed by atoms with van der Waals surface area (Å²) in [5.41, 5.74) is 5.41. The number of carbonyl (C=O) groups excluding carboxylic acids is 1. The van der Waals surface area contributed by atoms with E-state index < -0.39 is 0 Å². The van der Waals surface area contributed by atoms with E-state index in [1.807, 2.05) is 36.1 Å². The fourth-order valence-corrected chi connectivity index (χ4v) is 4.27. The zero-order valence-corrected chi connectivity index (χ0v) is 16.8. The van der Waals surface area contributed by atoms with Crippen LogP contribution in [0.2, 0.25) is 0 Å². The molecule has 0 spiro atoms. The van der Waals surface area contributed by atoms with E-state index >= 15 is 0 Å². The summed E-state index contributed by atoms with van der Waals surface area (Å²) in [6, 6.07) is 14.4. The number of nitrogens with zero attached hydrogens (tertiary/aromatic N) is 3. The van der Waals surface area contributed by atoms with Crippen molar-refractivity contribution in [1.82, 2.24) is 9.55 Å². The second-order valence-electron chi connectivity index (χ2n) is 7.45. The van der Waals surface area contributed by atoms with Crippen molar-refractivity contribution in [3.8, 4) is 0 Å². The molecule has 1 aliphatic rings. The lowest BCUT2D eigenvalue weighted by Crippen LogP contribution is -2.26. The maximum absolute atomic E-state index is 12.9. The molecule has 28 heavy (non-hydrogen) atoms. The van der Waals surface area contributed by atoms with Crippen molar-refractivity contribution in [3.05, 3.63) is 59.4 Å². The van der Waals surface area contributed by atoms with Crippen LogP contribution < -0.4 is 4.90 Å². The van der Waals surface area contributed by atoms with E-state index in [-0.39, 0.29) is 11.8 Å². The molecule has 1 amide bonds. The predicted molar refractivity (Wildman–Crippen MR) is 112 cm³/mol. The SMILES string of the molecule is CCOCCn1c(C2CC(=O)N(c3c(C)cccc3C)C2)nc2ccccc21. The molecule has 2 aromatic carbocycles. The number of amides is 1. The van der Waals surface area contributed by atoms with Crippen molar-refractivity contribution in [2.45, 2.75) is 39.7 Å². The molecule has 1 saturated heterocycles. The molecular formula is C23H27N3O2. The molecule has 146 valence electrons. The Bertz CT molecular complexity index is 988. The summed E-state index contributed by atoms with van der Waals surface area (Å²) < 4.78 is 7.82. The lowest BCUT2D eigenvalue weighted by molar-refractivity contribution is -0.117. The van der Waals surface area contributed by atoms with Crippen molar-refractivity contribution < 1.29 is 9.53 Å². The Morgan fingerprint density at radius 1 is 1.11 bits per heavy atom. The van der Waals surface area contributed by atoms with Crippen LogP contribution in [0.3, 0.4) is 0 Å². The zero-order chi connectivity index (χ0) is 19.7.